The lowest BCUT2D eigenvalue weighted by atomic mass is 10.2. The second kappa shape index (κ2) is 6.60. The van der Waals surface area contributed by atoms with Gasteiger partial charge in [0, 0.05) is 31.8 Å². The van der Waals surface area contributed by atoms with E-state index in [1.165, 1.54) is 0 Å². The number of alkyl halides is 1. The lowest BCUT2D eigenvalue weighted by Gasteiger charge is -2.25. The zero-order valence-corrected chi connectivity index (χ0v) is 12.0. The Bertz CT molecular complexity index is 395. The van der Waals surface area contributed by atoms with Crippen molar-refractivity contribution < 1.29 is 4.74 Å². The molecule has 0 amide bonds. The molecule has 2 heterocycles. The summed E-state index contributed by atoms with van der Waals surface area (Å²) in [5.41, 5.74) is 0.943. The maximum Gasteiger partial charge on any atom is 0.147 e. The first-order valence-electron chi connectivity index (χ1n) is 6.31. The van der Waals surface area contributed by atoms with Crippen LogP contribution in [0.25, 0.3) is 0 Å². The van der Waals surface area contributed by atoms with Crippen molar-refractivity contribution in [2.45, 2.75) is 31.7 Å². The van der Waals surface area contributed by atoms with Gasteiger partial charge < -0.3 is 9.64 Å². The molecule has 1 aliphatic rings. The number of rotatable bonds is 5. The van der Waals surface area contributed by atoms with Crippen molar-refractivity contribution in [2.75, 3.05) is 24.6 Å². The largest absolute Gasteiger partial charge is 0.376 e. The molecule has 0 aliphatic carbocycles. The van der Waals surface area contributed by atoms with E-state index in [2.05, 4.69) is 16.8 Å². The monoisotopic (exact) mass is 288 g/mol. The Labute approximate surface area is 118 Å². The van der Waals surface area contributed by atoms with Crippen molar-refractivity contribution in [3.05, 3.63) is 22.8 Å². The normalized spacial score (nSPS) is 19.2. The first-order chi connectivity index (χ1) is 8.74. The highest BCUT2D eigenvalue weighted by atomic mass is 35.5. The van der Waals surface area contributed by atoms with Crippen LogP contribution >= 0.6 is 23.2 Å². The average molecular weight is 289 g/mol. The molecule has 18 heavy (non-hydrogen) atoms. The van der Waals surface area contributed by atoms with Gasteiger partial charge in [0.1, 0.15) is 5.82 Å². The Balaban J connectivity index is 2.10. The van der Waals surface area contributed by atoms with Crippen LogP contribution in [0.4, 0.5) is 5.82 Å². The highest BCUT2D eigenvalue weighted by molar-refractivity contribution is 6.33. The van der Waals surface area contributed by atoms with E-state index < -0.39 is 0 Å². The Hall–Kier alpha value is -0.510. The summed E-state index contributed by atoms with van der Waals surface area (Å²) in [6.45, 7) is 4.69. The molecule has 0 aromatic carbocycles. The van der Waals surface area contributed by atoms with Crippen LogP contribution in [0.15, 0.2) is 12.3 Å². The molecule has 100 valence electrons. The minimum Gasteiger partial charge on any atom is -0.376 e. The maximum absolute atomic E-state index is 6.26. The summed E-state index contributed by atoms with van der Waals surface area (Å²) in [5.74, 6) is 1.26. The first kappa shape index (κ1) is 13.9. The zero-order chi connectivity index (χ0) is 13.0. The third-order valence-electron chi connectivity index (χ3n) is 3.16. The number of hydrogen-bond donors (Lipinski definition) is 0. The number of aromatic nitrogens is 1. The van der Waals surface area contributed by atoms with Crippen LogP contribution in [0.2, 0.25) is 5.02 Å². The minimum absolute atomic E-state index is 0.301. The molecule has 0 spiro atoms. The molecule has 5 heteroatoms. The second-order valence-electron chi connectivity index (χ2n) is 4.46. The van der Waals surface area contributed by atoms with E-state index in [1.807, 2.05) is 6.07 Å². The molecule has 1 saturated heterocycles. The van der Waals surface area contributed by atoms with Gasteiger partial charge in [-0.1, -0.05) is 11.6 Å². The summed E-state index contributed by atoms with van der Waals surface area (Å²) in [6.07, 6.45) is 4.35. The van der Waals surface area contributed by atoms with Crippen molar-refractivity contribution in [3.63, 3.8) is 0 Å². The molecule has 1 fully saturated rings. The SMILES string of the molecule is CCN(CC1CCCO1)c1ncc(CCl)cc1Cl. The smallest absolute Gasteiger partial charge is 0.147 e. The molecule has 1 atom stereocenters. The van der Waals surface area contributed by atoms with Crippen LogP contribution < -0.4 is 4.90 Å². The molecular formula is C13H18Cl2N2O. The standard InChI is InChI=1S/C13H18Cl2N2O/c1-2-17(9-11-4-3-5-18-11)13-12(15)6-10(7-14)8-16-13/h6,8,11H,2-5,7,9H2,1H3. The fraction of sp³-hybridized carbons (Fsp3) is 0.615. The third-order valence-corrected chi connectivity index (χ3v) is 3.75. The molecule has 2 rings (SSSR count). The van der Waals surface area contributed by atoms with Gasteiger partial charge in [0.25, 0.3) is 0 Å². The Morgan fingerprint density at radius 2 is 2.39 bits per heavy atom. The molecule has 0 radical (unpaired) electrons. The van der Waals surface area contributed by atoms with E-state index in [4.69, 9.17) is 27.9 Å². The highest BCUT2D eigenvalue weighted by Gasteiger charge is 2.20. The van der Waals surface area contributed by atoms with Gasteiger partial charge in [-0.25, -0.2) is 4.98 Å². The first-order valence-corrected chi connectivity index (χ1v) is 7.22. The summed E-state index contributed by atoms with van der Waals surface area (Å²) in [5, 5.41) is 0.660. The summed E-state index contributed by atoms with van der Waals surface area (Å²) in [4.78, 5) is 6.58. The Morgan fingerprint density at radius 1 is 1.56 bits per heavy atom. The topological polar surface area (TPSA) is 25.4 Å². The Kier molecular flexibility index (Phi) is 5.10. The van der Waals surface area contributed by atoms with Crippen molar-refractivity contribution in [2.24, 2.45) is 0 Å². The number of ether oxygens (including phenoxy) is 1. The number of halogens is 2. The van der Waals surface area contributed by atoms with Gasteiger partial charge in [-0.2, -0.15) is 0 Å². The average Bonchev–Trinajstić information content (AvgIpc) is 2.89. The predicted molar refractivity (Wildman–Crippen MR) is 75.7 cm³/mol. The summed E-state index contributed by atoms with van der Waals surface area (Å²) >= 11 is 12.0. The molecule has 1 unspecified atom stereocenters. The second-order valence-corrected chi connectivity index (χ2v) is 5.13. The van der Waals surface area contributed by atoms with E-state index in [0.29, 0.717) is 17.0 Å². The van der Waals surface area contributed by atoms with E-state index in [-0.39, 0.29) is 0 Å². The van der Waals surface area contributed by atoms with E-state index in [9.17, 15) is 0 Å². The van der Waals surface area contributed by atoms with Crippen molar-refractivity contribution in [1.29, 1.82) is 0 Å². The molecule has 0 saturated carbocycles. The van der Waals surface area contributed by atoms with Crippen molar-refractivity contribution in [3.8, 4) is 0 Å². The lowest BCUT2D eigenvalue weighted by Crippen LogP contribution is -2.32. The molecule has 3 nitrogen and oxygen atoms in total. The number of nitrogens with zero attached hydrogens (tertiary/aromatic N) is 2. The van der Waals surface area contributed by atoms with Crippen LogP contribution in [-0.4, -0.2) is 30.8 Å². The number of hydrogen-bond acceptors (Lipinski definition) is 3. The van der Waals surface area contributed by atoms with Crippen LogP contribution in [-0.2, 0) is 10.6 Å². The van der Waals surface area contributed by atoms with E-state index in [0.717, 1.165) is 43.9 Å². The summed E-state index contributed by atoms with van der Waals surface area (Å²) in [7, 11) is 0. The fourth-order valence-electron chi connectivity index (χ4n) is 2.18. The number of pyridine rings is 1. The van der Waals surface area contributed by atoms with Crippen molar-refractivity contribution >= 4 is 29.0 Å². The number of anilines is 1. The van der Waals surface area contributed by atoms with Gasteiger partial charge >= 0.3 is 0 Å². The van der Waals surface area contributed by atoms with Gasteiger partial charge in [0.15, 0.2) is 0 Å². The molecular weight excluding hydrogens is 271 g/mol. The lowest BCUT2D eigenvalue weighted by molar-refractivity contribution is 0.115. The highest BCUT2D eigenvalue weighted by Crippen LogP contribution is 2.26. The third kappa shape index (κ3) is 3.28. The molecule has 0 N–H and O–H groups in total. The van der Waals surface area contributed by atoms with Crippen molar-refractivity contribution in [1.82, 2.24) is 4.98 Å². The summed E-state index contributed by atoms with van der Waals surface area (Å²) in [6, 6.07) is 1.88. The van der Waals surface area contributed by atoms with Gasteiger partial charge in [-0.15, -0.1) is 11.6 Å². The van der Waals surface area contributed by atoms with E-state index in [1.54, 1.807) is 6.20 Å². The minimum atomic E-state index is 0.301. The zero-order valence-electron chi connectivity index (χ0n) is 10.5. The van der Waals surface area contributed by atoms with Gasteiger partial charge in [-0.05, 0) is 31.4 Å². The maximum atomic E-state index is 6.26. The molecule has 1 aromatic heterocycles. The van der Waals surface area contributed by atoms with Gasteiger partial charge in [0.2, 0.25) is 0 Å². The molecule has 1 aliphatic heterocycles. The molecule has 1 aromatic rings. The summed E-state index contributed by atoms with van der Waals surface area (Å²) < 4.78 is 5.66. The van der Waals surface area contributed by atoms with Gasteiger partial charge in [0.05, 0.1) is 11.1 Å². The van der Waals surface area contributed by atoms with Crippen LogP contribution in [0.1, 0.15) is 25.3 Å². The van der Waals surface area contributed by atoms with E-state index >= 15 is 0 Å². The fourth-order valence-corrected chi connectivity index (χ4v) is 2.63. The van der Waals surface area contributed by atoms with Crippen LogP contribution in [0.3, 0.4) is 0 Å². The number of likely N-dealkylation sites (N-methyl/N-ethyl adjacent to an activating group) is 1. The van der Waals surface area contributed by atoms with Crippen LogP contribution in [0, 0.1) is 0 Å². The van der Waals surface area contributed by atoms with Gasteiger partial charge in [-0.3, -0.25) is 0 Å². The quantitative estimate of drug-likeness (QED) is 0.776. The Morgan fingerprint density at radius 3 is 2.94 bits per heavy atom. The molecule has 0 bridgehead atoms. The predicted octanol–water partition coefficient (Wildman–Crippen LogP) is 3.48. The van der Waals surface area contributed by atoms with Crippen LogP contribution in [0.5, 0.6) is 0 Å².